The molecule has 0 bridgehead atoms. The Morgan fingerprint density at radius 1 is 1.44 bits per heavy atom. The molecule has 0 heterocycles. The zero-order chi connectivity index (χ0) is 6.91. The molecule has 1 aliphatic carbocycles. The number of hydrogen-bond donors (Lipinski definition) is 0. The van der Waals surface area contributed by atoms with Gasteiger partial charge in [-0.2, -0.15) is 0 Å². The van der Waals surface area contributed by atoms with Crippen molar-refractivity contribution in [1.29, 1.82) is 0 Å². The van der Waals surface area contributed by atoms with Crippen molar-refractivity contribution < 1.29 is 0 Å². The van der Waals surface area contributed by atoms with Gasteiger partial charge in [0.2, 0.25) is 0 Å². The van der Waals surface area contributed by atoms with E-state index in [1.807, 2.05) is 0 Å². The Balaban J connectivity index is 2.17. The first kappa shape index (κ1) is 7.11. The zero-order valence-electron chi connectivity index (χ0n) is 6.91. The molecule has 0 radical (unpaired) electrons. The van der Waals surface area contributed by atoms with E-state index in [1.54, 1.807) is 0 Å². The fraction of sp³-hybridized carbons (Fsp3) is 1.00. The van der Waals surface area contributed by atoms with E-state index in [-0.39, 0.29) is 0 Å². The second-order valence-corrected chi connectivity index (χ2v) is 4.03. The molecule has 0 aromatic carbocycles. The van der Waals surface area contributed by atoms with Gasteiger partial charge in [-0.25, -0.2) is 0 Å². The molecule has 0 saturated heterocycles. The van der Waals surface area contributed by atoms with Crippen LogP contribution in [-0.4, -0.2) is 0 Å². The molecule has 1 atom stereocenters. The van der Waals surface area contributed by atoms with E-state index < -0.39 is 0 Å². The quantitative estimate of drug-likeness (QED) is 0.544. The minimum absolute atomic E-state index is 0.773. The lowest BCUT2D eigenvalue weighted by Crippen LogP contribution is -2.01. The van der Waals surface area contributed by atoms with Crippen LogP contribution in [0.25, 0.3) is 0 Å². The van der Waals surface area contributed by atoms with Gasteiger partial charge in [0, 0.05) is 0 Å². The van der Waals surface area contributed by atoms with Gasteiger partial charge >= 0.3 is 0 Å². The van der Waals surface area contributed by atoms with Gasteiger partial charge in [-0.15, -0.1) is 0 Å². The summed E-state index contributed by atoms with van der Waals surface area (Å²) in [7, 11) is 0. The molecule has 0 spiro atoms. The number of hydrogen-bond acceptors (Lipinski definition) is 0. The van der Waals surface area contributed by atoms with Gasteiger partial charge in [-0.05, 0) is 30.6 Å². The Labute approximate surface area is 58.7 Å². The summed E-state index contributed by atoms with van der Waals surface area (Å²) >= 11 is 0. The van der Waals surface area contributed by atoms with Crippen molar-refractivity contribution in [1.82, 2.24) is 0 Å². The summed E-state index contributed by atoms with van der Waals surface area (Å²) in [5, 5.41) is 0. The summed E-state index contributed by atoms with van der Waals surface area (Å²) in [5.74, 6) is 0.956. The SMILES string of the molecule is CCC(C)CC1(C)CC1. The molecule has 9 heavy (non-hydrogen) atoms. The van der Waals surface area contributed by atoms with Crippen LogP contribution in [0.5, 0.6) is 0 Å². The van der Waals surface area contributed by atoms with Crippen LogP contribution in [0.1, 0.15) is 46.5 Å². The molecule has 0 aromatic rings. The van der Waals surface area contributed by atoms with Crippen molar-refractivity contribution in [3.8, 4) is 0 Å². The normalized spacial score (nSPS) is 25.7. The molecular formula is C9H18. The van der Waals surface area contributed by atoms with Gasteiger partial charge in [0.1, 0.15) is 0 Å². The van der Waals surface area contributed by atoms with Crippen molar-refractivity contribution in [2.24, 2.45) is 11.3 Å². The molecule has 1 unspecified atom stereocenters. The molecule has 1 rings (SSSR count). The topological polar surface area (TPSA) is 0 Å². The maximum Gasteiger partial charge on any atom is -0.0323 e. The summed E-state index contributed by atoms with van der Waals surface area (Å²) in [6, 6.07) is 0. The minimum Gasteiger partial charge on any atom is -0.0651 e. The summed E-state index contributed by atoms with van der Waals surface area (Å²) in [4.78, 5) is 0. The molecular weight excluding hydrogens is 108 g/mol. The van der Waals surface area contributed by atoms with Gasteiger partial charge in [0.25, 0.3) is 0 Å². The summed E-state index contributed by atoms with van der Waals surface area (Å²) in [5.41, 5.74) is 0.773. The highest BCUT2D eigenvalue weighted by Crippen LogP contribution is 2.50. The van der Waals surface area contributed by atoms with Crippen molar-refractivity contribution in [2.45, 2.75) is 46.5 Å². The van der Waals surface area contributed by atoms with Crippen LogP contribution in [0.2, 0.25) is 0 Å². The second kappa shape index (κ2) is 2.32. The van der Waals surface area contributed by atoms with Crippen molar-refractivity contribution in [3.05, 3.63) is 0 Å². The monoisotopic (exact) mass is 126 g/mol. The summed E-state index contributed by atoms with van der Waals surface area (Å²) in [6.45, 7) is 7.07. The zero-order valence-corrected chi connectivity index (χ0v) is 6.91. The van der Waals surface area contributed by atoms with Crippen LogP contribution in [0, 0.1) is 11.3 Å². The Kier molecular flexibility index (Phi) is 1.83. The largest absolute Gasteiger partial charge is 0.0651 e. The van der Waals surface area contributed by atoms with E-state index >= 15 is 0 Å². The van der Waals surface area contributed by atoms with E-state index in [4.69, 9.17) is 0 Å². The first-order valence-electron chi connectivity index (χ1n) is 4.16. The minimum atomic E-state index is 0.773. The van der Waals surface area contributed by atoms with Crippen LogP contribution in [0.15, 0.2) is 0 Å². The maximum absolute atomic E-state index is 2.42. The van der Waals surface area contributed by atoms with Crippen molar-refractivity contribution in [3.63, 3.8) is 0 Å². The summed E-state index contributed by atoms with van der Waals surface area (Å²) < 4.78 is 0. The highest BCUT2D eigenvalue weighted by atomic mass is 14.4. The molecule has 0 aliphatic heterocycles. The molecule has 0 aromatic heterocycles. The van der Waals surface area contributed by atoms with E-state index in [0.717, 1.165) is 11.3 Å². The van der Waals surface area contributed by atoms with Crippen LogP contribution < -0.4 is 0 Å². The highest BCUT2D eigenvalue weighted by Gasteiger charge is 2.37. The van der Waals surface area contributed by atoms with Gasteiger partial charge in [0.05, 0.1) is 0 Å². The second-order valence-electron chi connectivity index (χ2n) is 4.03. The van der Waals surface area contributed by atoms with E-state index in [1.165, 1.54) is 25.7 Å². The molecule has 1 aliphatic rings. The maximum atomic E-state index is 2.42. The lowest BCUT2D eigenvalue weighted by atomic mass is 9.93. The highest BCUT2D eigenvalue weighted by molar-refractivity contribution is 4.89. The molecule has 0 N–H and O–H groups in total. The van der Waals surface area contributed by atoms with Crippen LogP contribution >= 0.6 is 0 Å². The molecule has 1 saturated carbocycles. The van der Waals surface area contributed by atoms with E-state index in [0.29, 0.717) is 0 Å². The predicted octanol–water partition coefficient (Wildman–Crippen LogP) is 3.22. The average Bonchev–Trinajstić information content (AvgIpc) is 2.48. The molecule has 0 heteroatoms. The van der Waals surface area contributed by atoms with Crippen LogP contribution in [-0.2, 0) is 0 Å². The third-order valence-corrected chi connectivity index (χ3v) is 2.64. The number of rotatable bonds is 3. The standard InChI is InChI=1S/C9H18/c1-4-8(2)7-9(3)5-6-9/h8H,4-7H2,1-3H3. The van der Waals surface area contributed by atoms with Gasteiger partial charge < -0.3 is 0 Å². The fourth-order valence-corrected chi connectivity index (χ4v) is 1.40. The van der Waals surface area contributed by atoms with Gasteiger partial charge in [-0.3, -0.25) is 0 Å². The average molecular weight is 126 g/mol. The molecule has 0 amide bonds. The van der Waals surface area contributed by atoms with Crippen LogP contribution in [0.4, 0.5) is 0 Å². The summed E-state index contributed by atoms with van der Waals surface area (Å²) in [6.07, 6.45) is 5.79. The first-order valence-corrected chi connectivity index (χ1v) is 4.16. The Morgan fingerprint density at radius 2 is 2.00 bits per heavy atom. The van der Waals surface area contributed by atoms with E-state index in [2.05, 4.69) is 20.8 Å². The Bertz CT molecular complexity index is 90.2. The predicted molar refractivity (Wildman–Crippen MR) is 41.4 cm³/mol. The fourth-order valence-electron chi connectivity index (χ4n) is 1.40. The smallest absolute Gasteiger partial charge is 0.0323 e. The third-order valence-electron chi connectivity index (χ3n) is 2.64. The third kappa shape index (κ3) is 2.00. The molecule has 54 valence electrons. The lowest BCUT2D eigenvalue weighted by Gasteiger charge is -2.12. The first-order chi connectivity index (χ1) is 4.16. The van der Waals surface area contributed by atoms with Crippen molar-refractivity contribution in [2.75, 3.05) is 0 Å². The Morgan fingerprint density at radius 3 is 2.33 bits per heavy atom. The molecule has 1 fully saturated rings. The molecule has 0 nitrogen and oxygen atoms in total. The van der Waals surface area contributed by atoms with Crippen LogP contribution in [0.3, 0.4) is 0 Å². The van der Waals surface area contributed by atoms with Crippen molar-refractivity contribution >= 4 is 0 Å². The van der Waals surface area contributed by atoms with Gasteiger partial charge in [-0.1, -0.05) is 27.2 Å². The Hall–Kier alpha value is 0. The lowest BCUT2D eigenvalue weighted by molar-refractivity contribution is 0.390. The van der Waals surface area contributed by atoms with E-state index in [9.17, 15) is 0 Å². The van der Waals surface area contributed by atoms with Gasteiger partial charge in [0.15, 0.2) is 0 Å².